The third-order valence-corrected chi connectivity index (χ3v) is 4.06. The van der Waals surface area contributed by atoms with Crippen LogP contribution in [0.2, 0.25) is 10.0 Å². The molecule has 1 atom stereocenters. The first-order chi connectivity index (χ1) is 9.15. The van der Waals surface area contributed by atoms with Crippen molar-refractivity contribution in [3.63, 3.8) is 0 Å². The fourth-order valence-corrected chi connectivity index (χ4v) is 2.88. The van der Waals surface area contributed by atoms with E-state index >= 15 is 0 Å². The number of likely N-dealkylation sites (tertiary alicyclic amines) is 1. The van der Waals surface area contributed by atoms with Gasteiger partial charge in [-0.1, -0.05) is 30.1 Å². The molecule has 0 aromatic heterocycles. The second-order valence-corrected chi connectivity index (χ2v) is 6.17. The van der Waals surface area contributed by atoms with Gasteiger partial charge in [0.15, 0.2) is 0 Å². The lowest BCUT2D eigenvalue weighted by Crippen LogP contribution is -2.35. The van der Waals surface area contributed by atoms with Crippen molar-refractivity contribution >= 4 is 23.2 Å². The standard InChI is InChI=1S/C15H21Cl2NO/c1-12-4-2-7-18(11-12)8-3-9-19-15-10-13(16)5-6-14(15)17/h5-6,10,12H,2-4,7-9,11H2,1H3/t12-/m1/s1. The molecule has 1 fully saturated rings. The van der Waals surface area contributed by atoms with Gasteiger partial charge in [0.1, 0.15) is 5.75 Å². The SMILES string of the molecule is C[C@@H]1CCCN(CCCOc2cc(Cl)ccc2Cl)C1. The van der Waals surface area contributed by atoms with Crippen molar-refractivity contribution in [3.8, 4) is 5.75 Å². The summed E-state index contributed by atoms with van der Waals surface area (Å²) in [5.41, 5.74) is 0. The molecule has 1 saturated heterocycles. The van der Waals surface area contributed by atoms with Crippen LogP contribution < -0.4 is 4.74 Å². The lowest BCUT2D eigenvalue weighted by atomic mass is 10.0. The molecule has 106 valence electrons. The molecular formula is C15H21Cl2NO. The van der Waals surface area contributed by atoms with Crippen molar-refractivity contribution in [3.05, 3.63) is 28.2 Å². The van der Waals surface area contributed by atoms with Gasteiger partial charge in [0.05, 0.1) is 11.6 Å². The van der Waals surface area contributed by atoms with Crippen LogP contribution in [0.1, 0.15) is 26.2 Å². The van der Waals surface area contributed by atoms with Gasteiger partial charge in [0.25, 0.3) is 0 Å². The van der Waals surface area contributed by atoms with Crippen molar-refractivity contribution in [1.82, 2.24) is 4.90 Å². The summed E-state index contributed by atoms with van der Waals surface area (Å²) in [6, 6.07) is 5.31. The molecule has 1 aromatic carbocycles. The molecule has 0 amide bonds. The summed E-state index contributed by atoms with van der Waals surface area (Å²) < 4.78 is 5.69. The molecule has 2 nitrogen and oxygen atoms in total. The van der Waals surface area contributed by atoms with E-state index in [1.54, 1.807) is 18.2 Å². The Hall–Kier alpha value is -0.440. The van der Waals surface area contributed by atoms with Gasteiger partial charge >= 0.3 is 0 Å². The number of halogens is 2. The van der Waals surface area contributed by atoms with Gasteiger partial charge in [-0.3, -0.25) is 0 Å². The number of nitrogens with zero attached hydrogens (tertiary/aromatic N) is 1. The van der Waals surface area contributed by atoms with E-state index in [1.165, 1.54) is 25.9 Å². The third-order valence-electron chi connectivity index (χ3n) is 3.51. The lowest BCUT2D eigenvalue weighted by Gasteiger charge is -2.30. The first kappa shape index (κ1) is 15.0. The molecule has 1 heterocycles. The highest BCUT2D eigenvalue weighted by molar-refractivity contribution is 6.34. The highest BCUT2D eigenvalue weighted by Gasteiger charge is 2.15. The predicted molar refractivity (Wildman–Crippen MR) is 81.4 cm³/mol. The maximum atomic E-state index is 6.05. The minimum Gasteiger partial charge on any atom is -0.492 e. The molecule has 4 heteroatoms. The van der Waals surface area contributed by atoms with Gasteiger partial charge in [-0.05, 0) is 43.9 Å². The number of rotatable bonds is 5. The molecule has 0 radical (unpaired) electrons. The summed E-state index contributed by atoms with van der Waals surface area (Å²) in [6.07, 6.45) is 3.71. The van der Waals surface area contributed by atoms with Crippen LogP contribution in [0, 0.1) is 5.92 Å². The number of hydrogen-bond acceptors (Lipinski definition) is 2. The fourth-order valence-electron chi connectivity index (χ4n) is 2.55. The van der Waals surface area contributed by atoms with Gasteiger partial charge in [-0.2, -0.15) is 0 Å². The van der Waals surface area contributed by atoms with Gasteiger partial charge < -0.3 is 9.64 Å². The first-order valence-electron chi connectivity index (χ1n) is 6.95. The molecule has 0 bridgehead atoms. The zero-order valence-electron chi connectivity index (χ0n) is 11.4. The van der Waals surface area contributed by atoms with E-state index in [1.807, 2.05) is 0 Å². The average Bonchev–Trinajstić information content (AvgIpc) is 2.39. The smallest absolute Gasteiger partial charge is 0.139 e. The van der Waals surface area contributed by atoms with Crippen LogP contribution in [0.3, 0.4) is 0 Å². The highest BCUT2D eigenvalue weighted by Crippen LogP contribution is 2.27. The second kappa shape index (κ2) is 7.37. The van der Waals surface area contributed by atoms with Crippen LogP contribution in [-0.2, 0) is 0 Å². The van der Waals surface area contributed by atoms with Crippen molar-refractivity contribution in [2.75, 3.05) is 26.2 Å². The normalized spacial score (nSPS) is 20.5. The van der Waals surface area contributed by atoms with E-state index in [9.17, 15) is 0 Å². The molecule has 19 heavy (non-hydrogen) atoms. The molecular weight excluding hydrogens is 281 g/mol. The number of ether oxygens (including phenoxy) is 1. The van der Waals surface area contributed by atoms with E-state index in [0.717, 1.165) is 18.9 Å². The molecule has 0 unspecified atom stereocenters. The molecule has 0 spiro atoms. The maximum Gasteiger partial charge on any atom is 0.139 e. The molecule has 1 aliphatic rings. The lowest BCUT2D eigenvalue weighted by molar-refractivity contribution is 0.170. The predicted octanol–water partition coefficient (Wildman–Crippen LogP) is 4.49. The minimum absolute atomic E-state index is 0.621. The van der Waals surface area contributed by atoms with E-state index in [2.05, 4.69) is 11.8 Å². The summed E-state index contributed by atoms with van der Waals surface area (Å²) in [6.45, 7) is 6.56. The zero-order valence-corrected chi connectivity index (χ0v) is 12.9. The molecule has 0 saturated carbocycles. The monoisotopic (exact) mass is 301 g/mol. The van der Waals surface area contributed by atoms with Crippen LogP contribution in [0.15, 0.2) is 18.2 Å². The number of benzene rings is 1. The van der Waals surface area contributed by atoms with E-state index in [4.69, 9.17) is 27.9 Å². The van der Waals surface area contributed by atoms with Crippen LogP contribution in [-0.4, -0.2) is 31.1 Å². The first-order valence-corrected chi connectivity index (χ1v) is 7.71. The Balaban J connectivity index is 1.70. The van der Waals surface area contributed by atoms with E-state index in [0.29, 0.717) is 22.4 Å². The van der Waals surface area contributed by atoms with Crippen LogP contribution in [0.5, 0.6) is 5.75 Å². The highest BCUT2D eigenvalue weighted by atomic mass is 35.5. The minimum atomic E-state index is 0.621. The second-order valence-electron chi connectivity index (χ2n) is 5.32. The quantitative estimate of drug-likeness (QED) is 0.743. The summed E-state index contributed by atoms with van der Waals surface area (Å²) in [7, 11) is 0. The summed E-state index contributed by atoms with van der Waals surface area (Å²) in [5.74, 6) is 1.51. The summed E-state index contributed by atoms with van der Waals surface area (Å²) >= 11 is 12.0. The van der Waals surface area contributed by atoms with Crippen molar-refractivity contribution < 1.29 is 4.74 Å². The molecule has 2 rings (SSSR count). The Morgan fingerprint density at radius 3 is 3.00 bits per heavy atom. The maximum absolute atomic E-state index is 6.05. The Bertz CT molecular complexity index is 411. The largest absolute Gasteiger partial charge is 0.492 e. The van der Waals surface area contributed by atoms with Crippen LogP contribution in [0.4, 0.5) is 0 Å². The zero-order chi connectivity index (χ0) is 13.7. The van der Waals surface area contributed by atoms with E-state index in [-0.39, 0.29) is 0 Å². The molecule has 1 aliphatic heterocycles. The van der Waals surface area contributed by atoms with Crippen molar-refractivity contribution in [1.29, 1.82) is 0 Å². The third kappa shape index (κ3) is 4.87. The van der Waals surface area contributed by atoms with Gasteiger partial charge in [0, 0.05) is 24.2 Å². The summed E-state index contributed by atoms with van der Waals surface area (Å²) in [5, 5.41) is 1.28. The number of hydrogen-bond donors (Lipinski definition) is 0. The fraction of sp³-hybridized carbons (Fsp3) is 0.600. The molecule has 0 aliphatic carbocycles. The summed E-state index contributed by atoms with van der Waals surface area (Å²) in [4.78, 5) is 2.52. The van der Waals surface area contributed by atoms with Gasteiger partial charge in [-0.15, -0.1) is 0 Å². The molecule has 1 aromatic rings. The van der Waals surface area contributed by atoms with Crippen molar-refractivity contribution in [2.45, 2.75) is 26.2 Å². The Kier molecular flexibility index (Phi) is 5.80. The Morgan fingerprint density at radius 1 is 1.37 bits per heavy atom. The average molecular weight is 302 g/mol. The topological polar surface area (TPSA) is 12.5 Å². The Labute approximate surface area is 125 Å². The van der Waals surface area contributed by atoms with Crippen molar-refractivity contribution in [2.24, 2.45) is 5.92 Å². The van der Waals surface area contributed by atoms with E-state index < -0.39 is 0 Å². The molecule has 0 N–H and O–H groups in total. The van der Waals surface area contributed by atoms with Crippen LogP contribution >= 0.6 is 23.2 Å². The van der Waals surface area contributed by atoms with Gasteiger partial charge in [-0.25, -0.2) is 0 Å². The van der Waals surface area contributed by atoms with Crippen LogP contribution in [0.25, 0.3) is 0 Å². The Morgan fingerprint density at radius 2 is 2.21 bits per heavy atom. The number of piperidine rings is 1. The van der Waals surface area contributed by atoms with Gasteiger partial charge in [0.2, 0.25) is 0 Å².